The van der Waals surface area contributed by atoms with Crippen molar-refractivity contribution < 1.29 is 4.79 Å². The normalized spacial score (nSPS) is 10.7. The highest BCUT2D eigenvalue weighted by molar-refractivity contribution is 7.09. The van der Waals surface area contributed by atoms with Crippen molar-refractivity contribution in [2.75, 3.05) is 7.05 Å². The Bertz CT molecular complexity index is 838. The molecule has 8 heteroatoms. The molecule has 3 rings (SSSR count). The van der Waals surface area contributed by atoms with E-state index in [-0.39, 0.29) is 12.5 Å². The predicted molar refractivity (Wildman–Crippen MR) is 86.4 cm³/mol. The van der Waals surface area contributed by atoms with Crippen LogP contribution in [0.15, 0.2) is 52.6 Å². The first-order chi connectivity index (χ1) is 11.1. The number of tetrazole rings is 1. The summed E-state index contributed by atoms with van der Waals surface area (Å²) < 4.78 is 2.24. The highest BCUT2D eigenvalue weighted by Crippen LogP contribution is 2.11. The molecule has 0 aliphatic rings. The van der Waals surface area contributed by atoms with Crippen LogP contribution < -0.4 is 5.69 Å². The molecule has 0 atom stereocenters. The largest absolute Gasteiger partial charge is 0.368 e. The molecule has 0 N–H and O–H groups in total. The Balaban J connectivity index is 1.72. The van der Waals surface area contributed by atoms with Gasteiger partial charge in [-0.25, -0.2) is 4.79 Å². The third-order valence-electron chi connectivity index (χ3n) is 3.32. The van der Waals surface area contributed by atoms with E-state index in [2.05, 4.69) is 10.4 Å². The number of hydrogen-bond donors (Lipinski definition) is 0. The third kappa shape index (κ3) is 3.37. The summed E-state index contributed by atoms with van der Waals surface area (Å²) in [5.74, 6) is -0.194. The van der Waals surface area contributed by atoms with Gasteiger partial charge in [-0.15, -0.1) is 11.3 Å². The molecule has 7 nitrogen and oxygen atoms in total. The van der Waals surface area contributed by atoms with Gasteiger partial charge in [0.05, 0.1) is 12.2 Å². The second-order valence-electron chi connectivity index (χ2n) is 5.00. The van der Waals surface area contributed by atoms with E-state index in [0.29, 0.717) is 12.2 Å². The molecule has 0 spiro atoms. The van der Waals surface area contributed by atoms with Crippen molar-refractivity contribution in [2.24, 2.45) is 0 Å². The van der Waals surface area contributed by atoms with Crippen molar-refractivity contribution in [3.8, 4) is 5.69 Å². The van der Waals surface area contributed by atoms with Gasteiger partial charge in [-0.3, -0.25) is 4.79 Å². The van der Waals surface area contributed by atoms with Crippen molar-refractivity contribution in [2.45, 2.75) is 13.1 Å². The van der Waals surface area contributed by atoms with Gasteiger partial charge in [0.25, 0.3) is 0 Å². The minimum Gasteiger partial charge on any atom is -0.339 e. The lowest BCUT2D eigenvalue weighted by Gasteiger charge is -2.15. The highest BCUT2D eigenvalue weighted by atomic mass is 32.1. The number of thiophene rings is 1. The molecule has 1 aromatic carbocycles. The molecular weight excluding hydrogens is 314 g/mol. The molecule has 118 valence electrons. The number of carbonyl (C=O) groups excluding carboxylic acids is 1. The zero-order valence-electron chi connectivity index (χ0n) is 12.5. The molecule has 0 saturated carbocycles. The summed E-state index contributed by atoms with van der Waals surface area (Å²) in [4.78, 5) is 27.2. The Morgan fingerprint density at radius 1 is 1.17 bits per heavy atom. The van der Waals surface area contributed by atoms with Crippen LogP contribution in [-0.2, 0) is 17.9 Å². The quantitative estimate of drug-likeness (QED) is 0.704. The number of para-hydroxylation sites is 1. The Hall–Kier alpha value is -2.74. The number of rotatable bonds is 5. The van der Waals surface area contributed by atoms with Gasteiger partial charge in [-0.05, 0) is 34.0 Å². The average Bonchev–Trinajstić information content (AvgIpc) is 3.19. The fourth-order valence-corrected chi connectivity index (χ4v) is 2.84. The maximum absolute atomic E-state index is 12.3. The van der Waals surface area contributed by atoms with Crippen LogP contribution in [0, 0.1) is 0 Å². The standard InChI is InChI=1S/C15H15N5O2S/c1-18(10-13-8-5-9-23-13)14(21)11-19-15(22)20(17-16-19)12-6-3-2-4-7-12/h2-9H,10-11H2,1H3. The summed E-state index contributed by atoms with van der Waals surface area (Å²) in [6, 6.07) is 12.9. The van der Waals surface area contributed by atoms with E-state index < -0.39 is 5.69 Å². The van der Waals surface area contributed by atoms with E-state index in [1.807, 2.05) is 23.6 Å². The van der Waals surface area contributed by atoms with Gasteiger partial charge < -0.3 is 4.90 Å². The van der Waals surface area contributed by atoms with Crippen molar-refractivity contribution in [1.82, 2.24) is 24.7 Å². The molecule has 0 saturated heterocycles. The third-order valence-corrected chi connectivity index (χ3v) is 4.19. The average molecular weight is 329 g/mol. The van der Waals surface area contributed by atoms with Crippen LogP contribution in [-0.4, -0.2) is 37.6 Å². The maximum atomic E-state index is 12.3. The Morgan fingerprint density at radius 3 is 2.65 bits per heavy atom. The van der Waals surface area contributed by atoms with Crippen molar-refractivity contribution >= 4 is 17.2 Å². The molecule has 2 aromatic heterocycles. The van der Waals surface area contributed by atoms with Gasteiger partial charge in [-0.1, -0.05) is 24.3 Å². The Labute approximate surface area is 136 Å². The summed E-state index contributed by atoms with van der Waals surface area (Å²) in [5, 5.41) is 9.57. The molecule has 1 amide bonds. The van der Waals surface area contributed by atoms with E-state index >= 15 is 0 Å². The molecule has 2 heterocycles. The molecule has 3 aromatic rings. The molecule has 0 radical (unpaired) electrons. The number of nitrogens with zero attached hydrogens (tertiary/aromatic N) is 5. The van der Waals surface area contributed by atoms with Crippen LogP contribution in [0.1, 0.15) is 4.88 Å². The lowest BCUT2D eigenvalue weighted by molar-refractivity contribution is -0.131. The summed E-state index contributed by atoms with van der Waals surface area (Å²) >= 11 is 1.58. The molecular formula is C15H15N5O2S. The zero-order valence-corrected chi connectivity index (χ0v) is 13.3. The van der Waals surface area contributed by atoms with Gasteiger partial charge in [0.2, 0.25) is 5.91 Å². The topological polar surface area (TPSA) is 73.0 Å². The monoisotopic (exact) mass is 329 g/mol. The molecule has 0 bridgehead atoms. The Kier molecular flexibility index (Phi) is 4.33. The van der Waals surface area contributed by atoms with E-state index in [1.165, 1.54) is 4.68 Å². The number of hydrogen-bond acceptors (Lipinski definition) is 5. The highest BCUT2D eigenvalue weighted by Gasteiger charge is 2.15. The minimum atomic E-state index is -0.436. The second kappa shape index (κ2) is 6.57. The van der Waals surface area contributed by atoms with Gasteiger partial charge in [0, 0.05) is 11.9 Å². The van der Waals surface area contributed by atoms with E-state index in [9.17, 15) is 9.59 Å². The first kappa shape index (κ1) is 15.2. The number of likely N-dealkylation sites (N-methyl/N-ethyl adjacent to an activating group) is 1. The Morgan fingerprint density at radius 2 is 1.96 bits per heavy atom. The zero-order chi connectivity index (χ0) is 16.2. The second-order valence-corrected chi connectivity index (χ2v) is 6.03. The van der Waals surface area contributed by atoms with Gasteiger partial charge in [-0.2, -0.15) is 9.36 Å². The number of amides is 1. The van der Waals surface area contributed by atoms with E-state index in [4.69, 9.17) is 0 Å². The molecule has 0 aliphatic heterocycles. The molecule has 0 unspecified atom stereocenters. The lowest BCUT2D eigenvalue weighted by atomic mass is 10.3. The fourth-order valence-electron chi connectivity index (χ4n) is 2.08. The predicted octanol–water partition coefficient (Wildman–Crippen LogP) is 1.15. The first-order valence-corrected chi connectivity index (χ1v) is 7.87. The van der Waals surface area contributed by atoms with Crippen LogP contribution in [0.25, 0.3) is 5.69 Å². The van der Waals surface area contributed by atoms with Crippen molar-refractivity contribution in [1.29, 1.82) is 0 Å². The summed E-state index contributed by atoms with van der Waals surface area (Å²) in [6.45, 7) is 0.381. The van der Waals surface area contributed by atoms with E-state index in [0.717, 1.165) is 9.56 Å². The van der Waals surface area contributed by atoms with Crippen LogP contribution in [0.5, 0.6) is 0 Å². The van der Waals surface area contributed by atoms with Gasteiger partial charge in [0.15, 0.2) is 0 Å². The minimum absolute atomic E-state index is 0.131. The summed E-state index contributed by atoms with van der Waals surface area (Å²) in [6.07, 6.45) is 0. The lowest BCUT2D eigenvalue weighted by Crippen LogP contribution is -2.34. The van der Waals surface area contributed by atoms with Crippen molar-refractivity contribution in [3.63, 3.8) is 0 Å². The molecule has 0 aliphatic carbocycles. The molecule has 0 fully saturated rings. The van der Waals surface area contributed by atoms with Crippen LogP contribution >= 0.6 is 11.3 Å². The van der Waals surface area contributed by atoms with Crippen LogP contribution in [0.2, 0.25) is 0 Å². The number of aromatic nitrogens is 4. The smallest absolute Gasteiger partial charge is 0.339 e. The van der Waals surface area contributed by atoms with Gasteiger partial charge >= 0.3 is 5.69 Å². The van der Waals surface area contributed by atoms with Gasteiger partial charge in [0.1, 0.15) is 6.54 Å². The number of benzene rings is 1. The van der Waals surface area contributed by atoms with Crippen LogP contribution in [0.4, 0.5) is 0 Å². The van der Waals surface area contributed by atoms with Crippen LogP contribution in [0.3, 0.4) is 0 Å². The number of carbonyl (C=O) groups is 1. The molecule has 23 heavy (non-hydrogen) atoms. The fraction of sp³-hybridized carbons (Fsp3) is 0.200. The van der Waals surface area contributed by atoms with Crippen molar-refractivity contribution in [3.05, 3.63) is 63.2 Å². The summed E-state index contributed by atoms with van der Waals surface area (Å²) in [5.41, 5.74) is 0.178. The maximum Gasteiger partial charge on any atom is 0.368 e. The first-order valence-electron chi connectivity index (χ1n) is 7.00. The van der Waals surface area contributed by atoms with E-state index in [1.54, 1.807) is 47.5 Å². The summed E-state index contributed by atoms with van der Waals surface area (Å²) in [7, 11) is 1.70. The SMILES string of the molecule is CN(Cc1cccs1)C(=O)Cn1nnn(-c2ccccc2)c1=O.